The molecule has 158 valence electrons. The molecule has 1 aromatic carbocycles. The van der Waals surface area contributed by atoms with Crippen LogP contribution in [0.5, 0.6) is 0 Å². The molecule has 0 amide bonds. The number of rotatable bonds is 6. The molecule has 1 aliphatic heterocycles. The molecular formula is C22H22N6O2S. The highest BCUT2D eigenvalue weighted by atomic mass is 32.1. The first-order chi connectivity index (χ1) is 15.1. The zero-order valence-corrected chi connectivity index (χ0v) is 18.0. The van der Waals surface area contributed by atoms with Crippen LogP contribution in [0.1, 0.15) is 32.1 Å². The molecule has 2 N–H and O–H groups in total. The molecule has 0 atom stereocenters. The van der Waals surface area contributed by atoms with Crippen molar-refractivity contribution in [3.05, 3.63) is 57.9 Å². The summed E-state index contributed by atoms with van der Waals surface area (Å²) in [4.78, 5) is 30.0. The van der Waals surface area contributed by atoms with Gasteiger partial charge in [0.1, 0.15) is 5.69 Å². The normalized spacial score (nSPS) is 13.8. The van der Waals surface area contributed by atoms with Gasteiger partial charge in [0.2, 0.25) is 5.78 Å². The molecule has 2 aromatic heterocycles. The molecule has 0 bridgehead atoms. The molecule has 0 aliphatic carbocycles. The minimum Gasteiger partial charge on any atom is -0.378 e. The third kappa shape index (κ3) is 4.46. The van der Waals surface area contributed by atoms with Crippen molar-refractivity contribution in [2.45, 2.75) is 13.3 Å². The number of ether oxygens (including phenoxy) is 1. The quantitative estimate of drug-likeness (QED) is 0.588. The molecule has 4 rings (SSSR count). The first-order valence-electron chi connectivity index (χ1n) is 10.0. The number of anilines is 1. The molecule has 9 heteroatoms. The summed E-state index contributed by atoms with van der Waals surface area (Å²) in [6.07, 6.45) is 4.11. The predicted octanol–water partition coefficient (Wildman–Crippen LogP) is 2.35. The number of nitriles is 1. The maximum Gasteiger partial charge on any atom is 0.213 e. The Balaban J connectivity index is 1.72. The summed E-state index contributed by atoms with van der Waals surface area (Å²) in [7, 11) is 0. The summed E-state index contributed by atoms with van der Waals surface area (Å²) in [5.41, 5.74) is 8.25. The lowest BCUT2D eigenvalue weighted by molar-refractivity contribution is 0.103. The van der Waals surface area contributed by atoms with Crippen LogP contribution in [0.25, 0.3) is 11.4 Å². The number of nitrogens with two attached hydrogens (primary N) is 1. The molecule has 1 saturated heterocycles. The van der Waals surface area contributed by atoms with E-state index in [9.17, 15) is 10.1 Å². The van der Waals surface area contributed by atoms with Crippen LogP contribution in [0, 0.1) is 18.3 Å². The van der Waals surface area contributed by atoms with Crippen molar-refractivity contribution in [3.8, 4) is 17.5 Å². The number of morpholine rings is 1. The first-order valence-corrected chi connectivity index (χ1v) is 10.8. The van der Waals surface area contributed by atoms with Crippen LogP contribution >= 0.6 is 11.3 Å². The number of nitrogens with zero attached hydrogens (tertiary/aromatic N) is 5. The van der Waals surface area contributed by atoms with Crippen LogP contribution in [0.4, 0.5) is 5.13 Å². The second-order valence-electron chi connectivity index (χ2n) is 7.16. The number of thiazole rings is 1. The highest BCUT2D eigenvalue weighted by Crippen LogP contribution is 2.30. The lowest BCUT2D eigenvalue weighted by Gasteiger charge is -2.26. The molecule has 0 spiro atoms. The third-order valence-corrected chi connectivity index (χ3v) is 6.09. The van der Waals surface area contributed by atoms with Gasteiger partial charge in [0.25, 0.3) is 0 Å². The lowest BCUT2D eigenvalue weighted by atomic mass is 9.98. The molecule has 0 radical (unpaired) electrons. The minimum absolute atomic E-state index is 0.241. The minimum atomic E-state index is -0.241. The predicted molar refractivity (Wildman–Crippen MR) is 118 cm³/mol. The highest BCUT2D eigenvalue weighted by molar-refractivity contribution is 7.15. The van der Waals surface area contributed by atoms with Gasteiger partial charge < -0.3 is 15.4 Å². The van der Waals surface area contributed by atoms with E-state index in [1.165, 1.54) is 11.3 Å². The smallest absolute Gasteiger partial charge is 0.213 e. The Kier molecular flexibility index (Phi) is 6.32. The number of hydrogen-bond acceptors (Lipinski definition) is 9. The summed E-state index contributed by atoms with van der Waals surface area (Å²) in [6.45, 7) is 5.19. The summed E-state index contributed by atoms with van der Waals surface area (Å²) in [6, 6.07) is 7.07. The van der Waals surface area contributed by atoms with Crippen molar-refractivity contribution in [3.63, 3.8) is 0 Å². The standard InChI is InChI=1S/C22H22N6O2S/c1-14-19(27-22(31-14)28-6-8-30-9-7-28)20(29)18-10-15(11-24)2-3-17(18)21-25-12-16(4-5-23)13-26-21/h2-3,10,12-13H,4-9,23H2,1H3. The second kappa shape index (κ2) is 9.31. The van der Waals surface area contributed by atoms with Gasteiger partial charge in [0.05, 0.1) is 24.8 Å². The number of aromatic nitrogens is 3. The Morgan fingerprint density at radius 2 is 2.03 bits per heavy atom. The molecule has 0 saturated carbocycles. The number of carbonyl (C=O) groups is 1. The van der Waals surface area contributed by atoms with E-state index in [4.69, 9.17) is 10.5 Å². The van der Waals surface area contributed by atoms with Crippen LogP contribution in [-0.2, 0) is 11.2 Å². The molecule has 3 heterocycles. The topological polar surface area (TPSA) is 118 Å². The van der Waals surface area contributed by atoms with E-state index in [1.54, 1.807) is 30.6 Å². The van der Waals surface area contributed by atoms with Crippen molar-refractivity contribution in [2.75, 3.05) is 37.7 Å². The van der Waals surface area contributed by atoms with Gasteiger partial charge in [-0.2, -0.15) is 5.26 Å². The van der Waals surface area contributed by atoms with E-state index in [0.29, 0.717) is 54.4 Å². The largest absolute Gasteiger partial charge is 0.378 e. The SMILES string of the molecule is Cc1sc(N2CCOCC2)nc1C(=O)c1cc(C#N)ccc1-c1ncc(CCN)cn1. The third-order valence-electron chi connectivity index (χ3n) is 5.05. The Labute approximate surface area is 184 Å². The van der Waals surface area contributed by atoms with E-state index >= 15 is 0 Å². The van der Waals surface area contributed by atoms with Crippen LogP contribution in [-0.4, -0.2) is 53.6 Å². The molecule has 1 fully saturated rings. The zero-order chi connectivity index (χ0) is 21.8. The Morgan fingerprint density at radius 1 is 1.29 bits per heavy atom. The average molecular weight is 435 g/mol. The van der Waals surface area contributed by atoms with E-state index < -0.39 is 0 Å². The van der Waals surface area contributed by atoms with Crippen LogP contribution in [0.2, 0.25) is 0 Å². The maximum atomic E-state index is 13.5. The number of carbonyl (C=O) groups excluding carboxylic acids is 1. The molecule has 3 aromatic rings. The van der Waals surface area contributed by atoms with Crippen molar-refractivity contribution in [1.82, 2.24) is 15.0 Å². The van der Waals surface area contributed by atoms with E-state index in [-0.39, 0.29) is 5.78 Å². The monoisotopic (exact) mass is 434 g/mol. The molecule has 31 heavy (non-hydrogen) atoms. The highest BCUT2D eigenvalue weighted by Gasteiger charge is 2.24. The Bertz CT molecular complexity index is 1130. The summed E-state index contributed by atoms with van der Waals surface area (Å²) in [5, 5.41) is 10.2. The summed E-state index contributed by atoms with van der Waals surface area (Å²) < 4.78 is 5.41. The van der Waals surface area contributed by atoms with Crippen LogP contribution in [0.3, 0.4) is 0 Å². The number of hydrogen-bond donors (Lipinski definition) is 1. The lowest BCUT2D eigenvalue weighted by Crippen LogP contribution is -2.36. The van der Waals surface area contributed by atoms with Crippen LogP contribution in [0.15, 0.2) is 30.6 Å². The molecule has 0 unspecified atom stereocenters. The van der Waals surface area contributed by atoms with Crippen molar-refractivity contribution in [1.29, 1.82) is 5.26 Å². The average Bonchev–Trinajstić information content (AvgIpc) is 3.21. The van der Waals surface area contributed by atoms with Gasteiger partial charge in [-0.25, -0.2) is 15.0 Å². The van der Waals surface area contributed by atoms with Gasteiger partial charge in [-0.3, -0.25) is 4.79 Å². The van der Waals surface area contributed by atoms with E-state index in [2.05, 4.69) is 25.9 Å². The molecule has 8 nitrogen and oxygen atoms in total. The van der Waals surface area contributed by atoms with Crippen molar-refractivity contribution >= 4 is 22.3 Å². The number of benzene rings is 1. The fourth-order valence-electron chi connectivity index (χ4n) is 3.40. The maximum absolute atomic E-state index is 13.5. The summed E-state index contributed by atoms with van der Waals surface area (Å²) >= 11 is 1.49. The zero-order valence-electron chi connectivity index (χ0n) is 17.2. The number of aryl methyl sites for hydroxylation is 1. The molecule has 1 aliphatic rings. The fourth-order valence-corrected chi connectivity index (χ4v) is 4.35. The Morgan fingerprint density at radius 3 is 2.71 bits per heavy atom. The fraction of sp³-hybridized carbons (Fsp3) is 0.318. The summed E-state index contributed by atoms with van der Waals surface area (Å²) in [5.74, 6) is 0.185. The van der Waals surface area contributed by atoms with Crippen molar-refractivity contribution < 1.29 is 9.53 Å². The van der Waals surface area contributed by atoms with Gasteiger partial charge >= 0.3 is 0 Å². The van der Waals surface area contributed by atoms with Gasteiger partial charge in [0, 0.05) is 41.5 Å². The van der Waals surface area contributed by atoms with Gasteiger partial charge in [0.15, 0.2) is 11.0 Å². The van der Waals surface area contributed by atoms with Gasteiger partial charge in [-0.15, -0.1) is 11.3 Å². The van der Waals surface area contributed by atoms with Crippen molar-refractivity contribution in [2.24, 2.45) is 5.73 Å². The van der Waals surface area contributed by atoms with Gasteiger partial charge in [-0.05, 0) is 43.7 Å². The van der Waals surface area contributed by atoms with Crippen LogP contribution < -0.4 is 10.6 Å². The second-order valence-corrected chi connectivity index (χ2v) is 8.34. The van der Waals surface area contributed by atoms with E-state index in [0.717, 1.165) is 28.7 Å². The van der Waals surface area contributed by atoms with Gasteiger partial charge in [-0.1, -0.05) is 0 Å². The molecular weight excluding hydrogens is 412 g/mol. The first kappa shape index (κ1) is 21.1. The Hall–Kier alpha value is -3.19. The number of ketones is 1. The van der Waals surface area contributed by atoms with E-state index in [1.807, 2.05) is 6.92 Å².